The van der Waals surface area contributed by atoms with E-state index in [9.17, 15) is 9.59 Å². The lowest BCUT2D eigenvalue weighted by Crippen LogP contribution is -2.39. The number of aliphatic carboxylic acids is 1. The van der Waals surface area contributed by atoms with Crippen LogP contribution in [0.5, 0.6) is 0 Å². The Morgan fingerprint density at radius 1 is 1.73 bits per heavy atom. The van der Waals surface area contributed by atoms with E-state index in [0.717, 1.165) is 12.8 Å². The Labute approximate surface area is 64.8 Å². The van der Waals surface area contributed by atoms with Gasteiger partial charge in [0, 0.05) is 13.0 Å². The molecule has 4 nitrogen and oxygen atoms in total. The minimum absolute atomic E-state index is 0.154. The van der Waals surface area contributed by atoms with Crippen LogP contribution in [-0.2, 0) is 9.59 Å². The highest BCUT2D eigenvalue weighted by molar-refractivity contribution is 5.88. The Hall–Kier alpha value is -1.06. The van der Waals surface area contributed by atoms with Crippen molar-refractivity contribution in [2.24, 2.45) is 0 Å². The molecular formula is C7H10NO3. The maximum Gasteiger partial charge on any atom is 0.323 e. The largest absolute Gasteiger partial charge is 0.480 e. The molecule has 1 rings (SSSR count). The van der Waals surface area contributed by atoms with Gasteiger partial charge in [0.1, 0.15) is 6.54 Å². The first-order valence-electron chi connectivity index (χ1n) is 3.54. The van der Waals surface area contributed by atoms with Gasteiger partial charge in [-0.1, -0.05) is 0 Å². The molecule has 1 N–H and O–H groups in total. The molecule has 1 aliphatic rings. The Morgan fingerprint density at radius 2 is 2.45 bits per heavy atom. The molecule has 0 aromatic carbocycles. The number of likely N-dealkylation sites (tertiary alicyclic amines) is 1. The Morgan fingerprint density at radius 3 is 3.00 bits per heavy atom. The molecule has 0 saturated carbocycles. The lowest BCUT2D eigenvalue weighted by Gasteiger charge is -2.24. The van der Waals surface area contributed by atoms with Crippen molar-refractivity contribution in [1.29, 1.82) is 0 Å². The lowest BCUT2D eigenvalue weighted by molar-refractivity contribution is -0.143. The van der Waals surface area contributed by atoms with E-state index in [0.29, 0.717) is 6.54 Å². The van der Waals surface area contributed by atoms with Crippen molar-refractivity contribution in [2.45, 2.75) is 12.8 Å². The van der Waals surface area contributed by atoms with Gasteiger partial charge in [-0.15, -0.1) is 0 Å². The van der Waals surface area contributed by atoms with Crippen LogP contribution in [0.25, 0.3) is 0 Å². The molecular weight excluding hydrogens is 146 g/mol. The molecule has 1 aliphatic heterocycles. The standard InChI is InChI=1S/C7H10NO3/c9-6-3-1-2-4-8(6)5-7(10)11/h3H,1-2,4-5H2,(H,10,11). The highest BCUT2D eigenvalue weighted by Crippen LogP contribution is 2.08. The number of carboxylic acids is 1. The van der Waals surface area contributed by atoms with E-state index in [1.54, 1.807) is 0 Å². The SMILES string of the molecule is O=C(O)CN1CCC[CH]C1=O. The van der Waals surface area contributed by atoms with Crippen LogP contribution in [0.4, 0.5) is 0 Å². The molecule has 1 amide bonds. The summed E-state index contributed by atoms with van der Waals surface area (Å²) in [5.41, 5.74) is 0. The normalized spacial score (nSPS) is 18.5. The van der Waals surface area contributed by atoms with Gasteiger partial charge >= 0.3 is 5.97 Å². The van der Waals surface area contributed by atoms with E-state index in [1.165, 1.54) is 11.3 Å². The van der Waals surface area contributed by atoms with Gasteiger partial charge in [-0.05, 0) is 12.8 Å². The van der Waals surface area contributed by atoms with Crippen molar-refractivity contribution in [1.82, 2.24) is 4.90 Å². The fourth-order valence-corrected chi connectivity index (χ4v) is 1.07. The summed E-state index contributed by atoms with van der Waals surface area (Å²) in [6, 6.07) is 0. The van der Waals surface area contributed by atoms with Crippen LogP contribution < -0.4 is 0 Å². The highest BCUT2D eigenvalue weighted by Gasteiger charge is 2.19. The summed E-state index contributed by atoms with van der Waals surface area (Å²) in [6.07, 6.45) is 3.18. The number of carboxylic acid groups (broad SMARTS) is 1. The second-order valence-corrected chi connectivity index (χ2v) is 2.50. The van der Waals surface area contributed by atoms with Gasteiger partial charge in [-0.25, -0.2) is 0 Å². The van der Waals surface area contributed by atoms with E-state index >= 15 is 0 Å². The van der Waals surface area contributed by atoms with E-state index in [4.69, 9.17) is 5.11 Å². The van der Waals surface area contributed by atoms with Crippen molar-refractivity contribution >= 4 is 11.9 Å². The lowest BCUT2D eigenvalue weighted by atomic mass is 10.1. The van der Waals surface area contributed by atoms with Gasteiger partial charge in [0.2, 0.25) is 5.91 Å². The van der Waals surface area contributed by atoms with E-state index in [2.05, 4.69) is 0 Å². The van der Waals surface area contributed by atoms with Crippen LogP contribution in [0.3, 0.4) is 0 Å². The average molecular weight is 156 g/mol. The van der Waals surface area contributed by atoms with Crippen LogP contribution in [0.2, 0.25) is 0 Å². The van der Waals surface area contributed by atoms with Gasteiger partial charge in [0.25, 0.3) is 0 Å². The fourth-order valence-electron chi connectivity index (χ4n) is 1.07. The molecule has 11 heavy (non-hydrogen) atoms. The number of piperidine rings is 1. The topological polar surface area (TPSA) is 57.6 Å². The molecule has 1 saturated heterocycles. The first kappa shape index (κ1) is 8.04. The zero-order chi connectivity index (χ0) is 8.27. The smallest absolute Gasteiger partial charge is 0.323 e. The molecule has 1 heterocycles. The van der Waals surface area contributed by atoms with Crippen LogP contribution in [0, 0.1) is 6.42 Å². The van der Waals surface area contributed by atoms with Crippen LogP contribution in [0.15, 0.2) is 0 Å². The first-order chi connectivity index (χ1) is 5.20. The molecule has 0 aromatic rings. The molecule has 1 fully saturated rings. The Kier molecular flexibility index (Phi) is 2.46. The fraction of sp³-hybridized carbons (Fsp3) is 0.571. The summed E-state index contributed by atoms with van der Waals surface area (Å²) >= 11 is 0. The number of carbonyl (C=O) groups excluding carboxylic acids is 1. The maximum absolute atomic E-state index is 10.9. The summed E-state index contributed by atoms with van der Waals surface area (Å²) < 4.78 is 0. The first-order valence-corrected chi connectivity index (χ1v) is 3.54. The average Bonchev–Trinajstić information content (AvgIpc) is 1.93. The van der Waals surface area contributed by atoms with Gasteiger partial charge in [-0.2, -0.15) is 0 Å². The Bertz CT molecular complexity index is 179. The van der Waals surface area contributed by atoms with Gasteiger partial charge < -0.3 is 10.0 Å². The maximum atomic E-state index is 10.9. The zero-order valence-corrected chi connectivity index (χ0v) is 6.12. The zero-order valence-electron chi connectivity index (χ0n) is 6.12. The number of rotatable bonds is 2. The minimum Gasteiger partial charge on any atom is -0.480 e. The van der Waals surface area contributed by atoms with Gasteiger partial charge in [-0.3, -0.25) is 9.59 Å². The molecule has 0 aliphatic carbocycles. The second-order valence-electron chi connectivity index (χ2n) is 2.50. The minimum atomic E-state index is -0.950. The van der Waals surface area contributed by atoms with Crippen molar-refractivity contribution < 1.29 is 14.7 Å². The number of hydrogen-bond acceptors (Lipinski definition) is 2. The molecule has 0 unspecified atom stereocenters. The molecule has 0 aromatic heterocycles. The quantitative estimate of drug-likeness (QED) is 0.607. The molecule has 0 spiro atoms. The summed E-state index contributed by atoms with van der Waals surface area (Å²) in [6.45, 7) is 0.400. The monoisotopic (exact) mass is 156 g/mol. The molecule has 0 atom stereocenters. The van der Waals surface area contributed by atoms with Crippen molar-refractivity contribution in [2.75, 3.05) is 13.1 Å². The predicted molar refractivity (Wildman–Crippen MR) is 37.7 cm³/mol. The van der Waals surface area contributed by atoms with Gasteiger partial charge in [0.05, 0.1) is 0 Å². The summed E-state index contributed by atoms with van der Waals surface area (Å²) in [5, 5.41) is 8.38. The van der Waals surface area contributed by atoms with Crippen molar-refractivity contribution in [3.63, 3.8) is 0 Å². The molecule has 61 valence electrons. The van der Waals surface area contributed by atoms with Crippen LogP contribution in [-0.4, -0.2) is 35.0 Å². The third-order valence-corrected chi connectivity index (χ3v) is 1.59. The summed E-state index contributed by atoms with van der Waals surface area (Å²) in [5.74, 6) is -1.10. The molecule has 4 heteroatoms. The van der Waals surface area contributed by atoms with E-state index < -0.39 is 5.97 Å². The summed E-state index contributed by atoms with van der Waals surface area (Å²) in [7, 11) is 0. The Balaban J connectivity index is 2.42. The van der Waals surface area contributed by atoms with E-state index in [1.807, 2.05) is 0 Å². The predicted octanol–water partition coefficient (Wildman–Crippen LogP) is -0.102. The number of amides is 1. The molecule has 1 radical (unpaired) electrons. The third kappa shape index (κ3) is 2.22. The van der Waals surface area contributed by atoms with Crippen LogP contribution >= 0.6 is 0 Å². The molecule has 0 bridgehead atoms. The third-order valence-electron chi connectivity index (χ3n) is 1.59. The van der Waals surface area contributed by atoms with E-state index in [-0.39, 0.29) is 12.5 Å². The van der Waals surface area contributed by atoms with Crippen molar-refractivity contribution in [3.05, 3.63) is 6.42 Å². The highest BCUT2D eigenvalue weighted by atomic mass is 16.4. The van der Waals surface area contributed by atoms with Gasteiger partial charge in [0.15, 0.2) is 0 Å². The number of carbonyl (C=O) groups is 2. The van der Waals surface area contributed by atoms with Crippen molar-refractivity contribution in [3.8, 4) is 0 Å². The second kappa shape index (κ2) is 3.37. The number of hydrogen-bond donors (Lipinski definition) is 1. The number of nitrogens with zero attached hydrogens (tertiary/aromatic N) is 1. The summed E-state index contributed by atoms with van der Waals surface area (Å²) in [4.78, 5) is 22.5. The van der Waals surface area contributed by atoms with Crippen LogP contribution in [0.1, 0.15) is 12.8 Å².